The van der Waals surface area contributed by atoms with Gasteiger partial charge in [0.25, 0.3) is 0 Å². The van der Waals surface area contributed by atoms with Crippen LogP contribution in [0.2, 0.25) is 0 Å². The second kappa shape index (κ2) is 14.1. The van der Waals surface area contributed by atoms with Gasteiger partial charge >= 0.3 is 0 Å². The highest BCUT2D eigenvalue weighted by Crippen LogP contribution is 2.35. The number of hydrogen-bond acceptors (Lipinski definition) is 9. The van der Waals surface area contributed by atoms with Crippen LogP contribution in [-0.2, 0) is 26.3 Å². The average Bonchev–Trinajstić information content (AvgIpc) is 2.85. The zero-order chi connectivity index (χ0) is 24.9. The fraction of sp³-hybridized carbons (Fsp3) is 0.304. The Kier molecular flexibility index (Phi) is 11.3. The van der Waals surface area contributed by atoms with Crippen molar-refractivity contribution in [2.75, 3.05) is 43.2 Å². The molecule has 2 N–H and O–H groups in total. The number of nitrogens with zero attached hydrogens (tertiary/aromatic N) is 4. The largest absolute Gasteiger partial charge is 0.385 e. The molecule has 1 aromatic heterocycles. The second-order valence-electron chi connectivity index (χ2n) is 6.88. The molecule has 0 saturated heterocycles. The summed E-state index contributed by atoms with van der Waals surface area (Å²) in [6.07, 6.45) is 0.740. The minimum Gasteiger partial charge on any atom is -0.385 e. The van der Waals surface area contributed by atoms with E-state index in [0.717, 1.165) is 6.42 Å². The van der Waals surface area contributed by atoms with Crippen LogP contribution in [0.4, 0.5) is 23.0 Å². The van der Waals surface area contributed by atoms with Gasteiger partial charge in [-0.2, -0.15) is 10.4 Å². The van der Waals surface area contributed by atoms with Crippen LogP contribution in [0, 0.1) is 18.3 Å². The summed E-state index contributed by atoms with van der Waals surface area (Å²) in [6, 6.07) is 9.03. The van der Waals surface area contributed by atoms with Gasteiger partial charge in [-0.3, -0.25) is 4.21 Å². The summed E-state index contributed by atoms with van der Waals surface area (Å²) in [5.41, 5.74) is 1.84. The van der Waals surface area contributed by atoms with Crippen molar-refractivity contribution in [3.8, 4) is 6.07 Å². The highest BCUT2D eigenvalue weighted by atomic mass is 32.2. The van der Waals surface area contributed by atoms with Crippen LogP contribution < -0.4 is 10.6 Å². The smallest absolute Gasteiger partial charge is 0.156 e. The Bertz CT molecular complexity index is 1140. The number of benzene rings is 1. The Morgan fingerprint density at radius 1 is 1.18 bits per heavy atom. The minimum absolute atomic E-state index is 0.322. The van der Waals surface area contributed by atoms with Crippen LogP contribution in [0.3, 0.4) is 0 Å². The van der Waals surface area contributed by atoms with Gasteiger partial charge in [-0.05, 0) is 37.0 Å². The molecule has 1 aromatic carbocycles. The van der Waals surface area contributed by atoms with Crippen molar-refractivity contribution in [2.45, 2.75) is 18.2 Å². The summed E-state index contributed by atoms with van der Waals surface area (Å²) < 4.78 is 28.8. The molecule has 0 spiro atoms. The molecular formula is C23H28N6O3S2. The van der Waals surface area contributed by atoms with E-state index in [1.54, 1.807) is 38.3 Å². The third-order valence-electron chi connectivity index (χ3n) is 4.59. The van der Waals surface area contributed by atoms with Crippen LogP contribution in [0.25, 0.3) is 0 Å². The van der Waals surface area contributed by atoms with Gasteiger partial charge in [0.05, 0.1) is 22.1 Å². The fourth-order valence-electron chi connectivity index (χ4n) is 2.86. The Hall–Kier alpha value is -3.20. The first-order valence-corrected chi connectivity index (χ1v) is 13.0. The van der Waals surface area contributed by atoms with Gasteiger partial charge in [-0.25, -0.2) is 9.19 Å². The van der Waals surface area contributed by atoms with Crippen molar-refractivity contribution in [3.63, 3.8) is 0 Å². The molecule has 180 valence electrons. The van der Waals surface area contributed by atoms with Gasteiger partial charge < -0.3 is 15.4 Å². The third-order valence-corrected chi connectivity index (χ3v) is 6.59. The molecule has 0 saturated carbocycles. The van der Waals surface area contributed by atoms with E-state index in [2.05, 4.69) is 45.1 Å². The van der Waals surface area contributed by atoms with Gasteiger partial charge in [0, 0.05) is 59.2 Å². The topological polar surface area (TPSA) is 129 Å². The molecule has 0 radical (unpaired) electrons. The van der Waals surface area contributed by atoms with Crippen LogP contribution in [-0.4, -0.2) is 46.0 Å². The molecule has 0 bridgehead atoms. The SMILES string of the molecule is C=CS(=O)CCNc1nc(NCCCOC)c(N=Nc2cccc(S(=O)C=C)c2)c(C)c1C#N. The second-order valence-corrected chi connectivity index (χ2v) is 9.78. The Balaban J connectivity index is 2.43. The van der Waals surface area contributed by atoms with Crippen molar-refractivity contribution in [3.05, 3.63) is 59.4 Å². The Labute approximate surface area is 205 Å². The van der Waals surface area contributed by atoms with Gasteiger partial charge in [-0.1, -0.05) is 19.2 Å². The van der Waals surface area contributed by atoms with Gasteiger partial charge in [0.2, 0.25) is 0 Å². The number of azo groups is 1. The molecule has 2 unspecified atom stereocenters. The standard InChI is InChI=1S/C23H28N6O3S2/c1-5-33(30)14-12-26-22-20(16-24)17(3)21(23(27-22)25-11-8-13-32-4)29-28-18-9-7-10-19(15-18)34(31)6-2/h5-7,9-10,15H,1-2,8,11-14H2,3-4H3,(H2,25,26,27). The predicted molar refractivity (Wildman–Crippen MR) is 138 cm³/mol. The lowest BCUT2D eigenvalue weighted by molar-refractivity contribution is 0.198. The van der Waals surface area contributed by atoms with E-state index >= 15 is 0 Å². The number of ether oxygens (including phenoxy) is 1. The summed E-state index contributed by atoms with van der Waals surface area (Å²) in [4.78, 5) is 5.13. The molecule has 2 aromatic rings. The number of nitrogens with one attached hydrogen (secondary N) is 2. The van der Waals surface area contributed by atoms with Crippen molar-refractivity contribution >= 4 is 44.6 Å². The maximum Gasteiger partial charge on any atom is 0.156 e. The monoisotopic (exact) mass is 500 g/mol. The number of pyridine rings is 1. The Morgan fingerprint density at radius 2 is 1.94 bits per heavy atom. The average molecular weight is 501 g/mol. The van der Waals surface area contributed by atoms with Crippen LogP contribution >= 0.6 is 0 Å². The number of nitriles is 1. The van der Waals surface area contributed by atoms with Crippen molar-refractivity contribution in [1.29, 1.82) is 5.26 Å². The van der Waals surface area contributed by atoms with Gasteiger partial charge in [0.1, 0.15) is 17.6 Å². The Morgan fingerprint density at radius 3 is 2.62 bits per heavy atom. The van der Waals surface area contributed by atoms with E-state index in [1.807, 2.05) is 0 Å². The molecule has 1 heterocycles. The van der Waals surface area contributed by atoms with Crippen molar-refractivity contribution in [2.24, 2.45) is 10.2 Å². The molecule has 9 nitrogen and oxygen atoms in total. The molecule has 2 rings (SSSR count). The zero-order valence-electron chi connectivity index (χ0n) is 19.2. The summed E-state index contributed by atoms with van der Waals surface area (Å²) in [5.74, 6) is 1.17. The number of rotatable bonds is 14. The zero-order valence-corrected chi connectivity index (χ0v) is 20.9. The molecule has 34 heavy (non-hydrogen) atoms. The summed E-state index contributed by atoms with van der Waals surface area (Å²) in [7, 11) is -0.864. The highest BCUT2D eigenvalue weighted by molar-refractivity contribution is 7.88. The molecule has 0 aliphatic carbocycles. The maximum absolute atomic E-state index is 12.0. The summed E-state index contributed by atoms with van der Waals surface area (Å²) in [5, 5.41) is 27.5. The number of aromatic nitrogens is 1. The van der Waals surface area contributed by atoms with Crippen molar-refractivity contribution in [1.82, 2.24) is 4.98 Å². The molecule has 0 aliphatic rings. The summed E-state index contributed by atoms with van der Waals surface area (Å²) >= 11 is 0. The molecule has 0 amide bonds. The van der Waals surface area contributed by atoms with Crippen LogP contribution in [0.15, 0.2) is 63.4 Å². The molecule has 0 fully saturated rings. The number of anilines is 2. The third kappa shape index (κ3) is 7.69. The molecule has 2 atom stereocenters. The van der Waals surface area contributed by atoms with Crippen LogP contribution in [0.1, 0.15) is 17.5 Å². The van der Waals surface area contributed by atoms with Crippen molar-refractivity contribution < 1.29 is 13.2 Å². The van der Waals surface area contributed by atoms with Crippen LogP contribution in [0.5, 0.6) is 0 Å². The van der Waals surface area contributed by atoms with E-state index < -0.39 is 21.6 Å². The van der Waals surface area contributed by atoms with E-state index in [1.165, 1.54) is 10.8 Å². The van der Waals surface area contributed by atoms with E-state index in [-0.39, 0.29) is 0 Å². The maximum atomic E-state index is 12.0. The highest BCUT2D eigenvalue weighted by Gasteiger charge is 2.17. The van der Waals surface area contributed by atoms with E-state index in [0.29, 0.717) is 64.5 Å². The lowest BCUT2D eigenvalue weighted by Gasteiger charge is -2.15. The molecule has 11 heteroatoms. The lowest BCUT2D eigenvalue weighted by atomic mass is 10.1. The quantitative estimate of drug-likeness (QED) is 0.285. The number of hydrogen-bond donors (Lipinski definition) is 2. The number of methoxy groups -OCH3 is 1. The first-order valence-electron chi connectivity index (χ1n) is 10.4. The fourth-order valence-corrected chi connectivity index (χ4v) is 3.97. The first kappa shape index (κ1) is 27.0. The van der Waals surface area contributed by atoms with Gasteiger partial charge in [0.15, 0.2) is 5.82 Å². The van der Waals surface area contributed by atoms with Gasteiger partial charge in [-0.15, -0.1) is 5.11 Å². The summed E-state index contributed by atoms with van der Waals surface area (Å²) in [6.45, 7) is 10.3. The normalized spacial score (nSPS) is 12.6. The van der Waals surface area contributed by atoms with E-state index in [9.17, 15) is 13.7 Å². The minimum atomic E-state index is -1.33. The first-order chi connectivity index (χ1) is 16.4. The lowest BCUT2D eigenvalue weighted by Crippen LogP contribution is -2.14. The van der Waals surface area contributed by atoms with E-state index in [4.69, 9.17) is 4.74 Å². The molecular weight excluding hydrogens is 472 g/mol. The predicted octanol–water partition coefficient (Wildman–Crippen LogP) is 4.68. The molecule has 0 aliphatic heterocycles.